The summed E-state index contributed by atoms with van der Waals surface area (Å²) in [4.78, 5) is 90.0. The number of carbonyl (C=O) groups is 6. The molecule has 10 aliphatic rings. The Hall–Kier alpha value is -9.04. The molecule has 3 saturated heterocycles. The first-order chi connectivity index (χ1) is 47.1. The first-order valence-corrected chi connectivity index (χ1v) is 33.3. The van der Waals surface area contributed by atoms with Crippen LogP contribution >= 0.6 is 0 Å². The lowest BCUT2D eigenvalue weighted by Crippen LogP contribution is -2.72. The third kappa shape index (κ3) is 11.4. The molecule has 15 atom stereocenters. The van der Waals surface area contributed by atoms with Crippen molar-refractivity contribution in [2.45, 2.75) is 166 Å². The Labute approximate surface area is 571 Å². The molecule has 99 heavy (non-hydrogen) atoms. The van der Waals surface area contributed by atoms with Crippen molar-refractivity contribution in [3.63, 3.8) is 0 Å². The van der Waals surface area contributed by atoms with Crippen molar-refractivity contribution in [2.24, 2.45) is 23.7 Å². The van der Waals surface area contributed by atoms with E-state index >= 15 is 14.4 Å². The highest BCUT2D eigenvalue weighted by Gasteiger charge is 2.81. The Morgan fingerprint density at radius 3 is 2.18 bits per heavy atom. The van der Waals surface area contributed by atoms with Crippen LogP contribution in [-0.4, -0.2) is 154 Å². The van der Waals surface area contributed by atoms with E-state index in [0.29, 0.717) is 46.6 Å². The Kier molecular flexibility index (Phi) is 17.7. The number of aromatic hydroxyl groups is 1. The quantitative estimate of drug-likeness (QED) is 0.0206. The standard InChI is InChI=1S/C75H82N2O22/c1-34(2)13-12-22-73(9)23-21-43-63(97-73)42(19-14-35(3)4)65-56(64(43)96-69(87)37(6)76-68(86)38-15-17-41(18-16-38)94-71-62(83)61(82)60(81)52(31-78)95-71)58(79)47-25-40-28-53-72(7,8)99-74(66(40)84,75(47,53)98-65)24-20-36(5)67(85)77-57-45-30-49-48(92-33-93-49)29-44(45)54(55-46(57)32-91-70(55)88)39-26-50(89-10)59(80)51(27-39)90-11/h13-18,20-21,23,25-27,29-30,37,40,46,52-55,57,60-62,71,78,80-83H,12,19,22,24,28,31-33H2,1-11H3,(H,76,86)(H,77,85)/t37?,40?,46?,52-,53?,54?,55?,57?,60-,61+,62-,71-,73?,74?,75?/m1/s1. The molecule has 6 aliphatic heterocycles. The molecule has 4 aromatic rings. The van der Waals surface area contributed by atoms with Gasteiger partial charge in [-0.25, -0.2) is 4.79 Å². The maximum atomic E-state index is 16.4. The lowest BCUT2D eigenvalue weighted by atomic mass is 9.51. The van der Waals surface area contributed by atoms with Crippen molar-refractivity contribution < 1.29 is 106 Å². The molecular formula is C75H82N2O22. The number of benzene rings is 4. The zero-order valence-corrected chi connectivity index (χ0v) is 56.8. The van der Waals surface area contributed by atoms with Crippen LogP contribution in [0.3, 0.4) is 0 Å². The van der Waals surface area contributed by atoms with Crippen molar-refractivity contribution in [1.29, 1.82) is 0 Å². The van der Waals surface area contributed by atoms with Crippen LogP contribution in [0, 0.1) is 23.7 Å². The number of allylic oxidation sites excluding steroid dienone is 5. The number of hydrogen-bond acceptors (Lipinski definition) is 22. The fraction of sp³-hybridized carbons (Fsp3) is 0.467. The highest BCUT2D eigenvalue weighted by atomic mass is 16.7. The average Bonchev–Trinajstić information content (AvgIpc) is 1.53. The maximum Gasteiger partial charge on any atom is 0.333 e. The molecule has 0 radical (unpaired) electrons. The van der Waals surface area contributed by atoms with Crippen LogP contribution in [0.15, 0.2) is 101 Å². The van der Waals surface area contributed by atoms with E-state index in [1.54, 1.807) is 49.4 Å². The van der Waals surface area contributed by atoms with Crippen LogP contribution < -0.4 is 48.5 Å². The number of esters is 2. The maximum absolute atomic E-state index is 16.4. The van der Waals surface area contributed by atoms with Crippen LogP contribution in [0.25, 0.3) is 6.08 Å². The molecule has 4 fully saturated rings. The summed E-state index contributed by atoms with van der Waals surface area (Å²) in [6.07, 6.45) is 4.60. The van der Waals surface area contributed by atoms with E-state index in [1.165, 1.54) is 45.4 Å². The summed E-state index contributed by atoms with van der Waals surface area (Å²) in [6.45, 7) is 15.8. The minimum absolute atomic E-state index is 0.00494. The van der Waals surface area contributed by atoms with Crippen molar-refractivity contribution in [2.75, 3.05) is 34.2 Å². The van der Waals surface area contributed by atoms with Crippen LogP contribution in [0.4, 0.5) is 0 Å². The fourth-order valence-electron chi connectivity index (χ4n) is 15.9. The van der Waals surface area contributed by atoms with Gasteiger partial charge in [0.05, 0.1) is 50.6 Å². The molecule has 1 spiro atoms. The van der Waals surface area contributed by atoms with Crippen LogP contribution in [0.1, 0.15) is 148 Å². The molecule has 0 aromatic heterocycles. The van der Waals surface area contributed by atoms with Gasteiger partial charge < -0.3 is 88.3 Å². The first kappa shape index (κ1) is 68.5. The number of cyclic esters (lactones) is 1. The summed E-state index contributed by atoms with van der Waals surface area (Å²) >= 11 is 0. The highest BCUT2D eigenvalue weighted by Crippen LogP contribution is 2.69. The van der Waals surface area contributed by atoms with E-state index in [1.807, 2.05) is 60.6 Å². The Morgan fingerprint density at radius 1 is 0.828 bits per heavy atom. The minimum atomic E-state index is -1.93. The molecular weight excluding hydrogens is 1280 g/mol. The predicted octanol–water partition coefficient (Wildman–Crippen LogP) is 7.60. The summed E-state index contributed by atoms with van der Waals surface area (Å²) in [5.74, 6) is -6.32. The molecule has 2 amide bonds. The predicted molar refractivity (Wildman–Crippen MR) is 353 cm³/mol. The highest BCUT2D eigenvalue weighted by molar-refractivity contribution is 6.19. The van der Waals surface area contributed by atoms with Crippen molar-refractivity contribution in [3.05, 3.63) is 140 Å². The largest absolute Gasteiger partial charge is 0.502 e. The van der Waals surface area contributed by atoms with E-state index < -0.39 is 131 Å². The molecule has 24 heteroatoms. The normalized spacial score (nSPS) is 30.1. The number of aliphatic hydroxyl groups is 4. The van der Waals surface area contributed by atoms with E-state index in [4.69, 9.17) is 52.1 Å². The smallest absolute Gasteiger partial charge is 0.333 e. The fourth-order valence-corrected chi connectivity index (χ4v) is 15.9. The number of phenols is 1. The number of phenolic OH excluding ortho intramolecular Hbond substituents is 1. The SMILES string of the molecule is COc1cc(C2c3cc4c(cc3C(NC(=O)C(C)=CCC35OC(C)(C)C6CC(C=C7C(=O)c8c(OC(=O)C(C)NC(=O)c9ccc(O[C@@H]%10O[C@H](CO)[C@@H](O)[C@H](O)[C@H]%10O)cc9)c9c(c(CC=C(C)C)c8OC763)OC(C)(CCC=C(C)C)C=C9)C5=O)C3COC(=O)C23)OCO4)cc(OC)c1O. The Morgan fingerprint density at radius 2 is 1.52 bits per heavy atom. The molecule has 24 nitrogen and oxygen atoms in total. The van der Waals surface area contributed by atoms with E-state index in [0.717, 1.165) is 11.1 Å². The van der Waals surface area contributed by atoms with Crippen molar-refractivity contribution in [3.8, 4) is 51.7 Å². The van der Waals surface area contributed by atoms with Gasteiger partial charge in [0, 0.05) is 52.4 Å². The van der Waals surface area contributed by atoms with Crippen LogP contribution in [0.5, 0.6) is 51.7 Å². The number of fused-ring (bicyclic) bond motifs is 5. The van der Waals surface area contributed by atoms with Crippen LogP contribution in [-0.2, 0) is 39.8 Å². The molecule has 4 bridgehead atoms. The summed E-state index contributed by atoms with van der Waals surface area (Å²) in [5.41, 5.74) is -1.05. The van der Waals surface area contributed by atoms with Crippen LogP contribution in [0.2, 0.25) is 0 Å². The Bertz CT molecular complexity index is 4170. The third-order valence-electron chi connectivity index (χ3n) is 20.9. The number of nitrogens with one attached hydrogen (secondary N) is 2. The monoisotopic (exact) mass is 1360 g/mol. The van der Waals surface area contributed by atoms with Gasteiger partial charge in [-0.2, -0.15) is 0 Å². The van der Waals surface area contributed by atoms with Gasteiger partial charge >= 0.3 is 11.9 Å². The lowest BCUT2D eigenvalue weighted by Gasteiger charge is -2.56. The third-order valence-corrected chi connectivity index (χ3v) is 20.9. The number of methoxy groups -OCH3 is 2. The summed E-state index contributed by atoms with van der Waals surface area (Å²) in [6, 6.07) is 10.2. The minimum Gasteiger partial charge on any atom is -0.502 e. The number of carbonyl (C=O) groups excluding carboxylic acids is 6. The molecule has 4 aromatic carbocycles. The zero-order chi connectivity index (χ0) is 70.7. The van der Waals surface area contributed by atoms with Gasteiger partial charge in [0.15, 0.2) is 51.5 Å². The van der Waals surface area contributed by atoms with Gasteiger partial charge in [0.2, 0.25) is 24.7 Å². The molecule has 4 aliphatic carbocycles. The van der Waals surface area contributed by atoms with Gasteiger partial charge in [-0.05, 0) is 165 Å². The number of amides is 2. The van der Waals surface area contributed by atoms with Crippen molar-refractivity contribution >= 4 is 41.4 Å². The van der Waals surface area contributed by atoms with Gasteiger partial charge in [-0.1, -0.05) is 35.5 Å². The van der Waals surface area contributed by atoms with E-state index in [9.17, 15) is 39.9 Å². The number of rotatable bonds is 19. The second-order valence-electron chi connectivity index (χ2n) is 28.3. The summed E-state index contributed by atoms with van der Waals surface area (Å²) in [5, 5.41) is 57.6. The number of ketones is 2. The molecule has 10 unspecified atom stereocenters. The Balaban J connectivity index is 0.849. The van der Waals surface area contributed by atoms with Gasteiger partial charge in [-0.15, -0.1) is 0 Å². The number of ether oxygens (including phenoxy) is 11. The summed E-state index contributed by atoms with van der Waals surface area (Å²) < 4.78 is 68.3. The van der Waals surface area contributed by atoms with Crippen molar-refractivity contribution in [1.82, 2.24) is 10.6 Å². The topological polar surface area (TPSA) is 329 Å². The number of hydrogen-bond donors (Lipinski definition) is 7. The van der Waals surface area contributed by atoms with Gasteiger partial charge in [0.25, 0.3) is 5.91 Å². The molecule has 14 rings (SSSR count). The molecule has 524 valence electrons. The zero-order valence-electron chi connectivity index (χ0n) is 56.8. The number of aliphatic hydroxyl groups excluding tert-OH is 4. The molecule has 1 saturated carbocycles. The van der Waals surface area contributed by atoms with E-state index in [2.05, 4.69) is 16.7 Å². The second kappa shape index (κ2) is 25.6. The lowest BCUT2D eigenvalue weighted by molar-refractivity contribution is -0.277. The molecule has 7 N–H and O–H groups in total. The average molecular weight is 1360 g/mol. The van der Waals surface area contributed by atoms with Gasteiger partial charge in [-0.3, -0.25) is 24.0 Å². The molecule has 6 heterocycles. The summed E-state index contributed by atoms with van der Waals surface area (Å²) in [7, 11) is 2.81. The second-order valence-corrected chi connectivity index (χ2v) is 28.3. The first-order valence-electron chi connectivity index (χ1n) is 33.3. The van der Waals surface area contributed by atoms with Gasteiger partial charge in [0.1, 0.15) is 58.9 Å². The van der Waals surface area contributed by atoms with E-state index in [-0.39, 0.29) is 107 Å². The number of Topliss-reactive ketones (excluding diaryl/α,β-unsaturated/α-hetero) is 2.